The van der Waals surface area contributed by atoms with Crippen LogP contribution in [0.3, 0.4) is 0 Å². The second-order valence-corrected chi connectivity index (χ2v) is 7.64. The highest BCUT2D eigenvalue weighted by atomic mass is 16.2. The van der Waals surface area contributed by atoms with Gasteiger partial charge in [0.1, 0.15) is 5.82 Å². The van der Waals surface area contributed by atoms with Crippen molar-refractivity contribution in [2.45, 2.75) is 31.7 Å². The fraction of sp³-hybridized carbons (Fsp3) is 0.348. The second kappa shape index (κ2) is 9.43. The normalized spacial score (nSPS) is 14.6. The van der Waals surface area contributed by atoms with E-state index in [1.807, 2.05) is 59.5 Å². The Bertz CT molecular complexity index is 960. The van der Waals surface area contributed by atoms with Crippen LogP contribution in [0.15, 0.2) is 54.6 Å². The molecule has 156 valence electrons. The van der Waals surface area contributed by atoms with Crippen LogP contribution in [0, 0.1) is 0 Å². The average Bonchev–Trinajstić information content (AvgIpc) is 3.20. The van der Waals surface area contributed by atoms with E-state index >= 15 is 0 Å². The number of H-pyrrole nitrogens is 1. The van der Waals surface area contributed by atoms with Crippen molar-refractivity contribution in [1.82, 2.24) is 25.5 Å². The smallest absolute Gasteiger partial charge is 0.315 e. The number of benzene rings is 2. The average molecular weight is 406 g/mol. The number of carbonyl (C=O) groups is 2. The van der Waals surface area contributed by atoms with Crippen molar-refractivity contribution in [3.8, 4) is 0 Å². The molecule has 1 aliphatic heterocycles. The van der Waals surface area contributed by atoms with Gasteiger partial charge in [0.25, 0.3) is 5.91 Å². The fourth-order valence-corrected chi connectivity index (χ4v) is 3.81. The van der Waals surface area contributed by atoms with Gasteiger partial charge >= 0.3 is 6.03 Å². The number of fused-ring (bicyclic) bond motifs is 1. The summed E-state index contributed by atoms with van der Waals surface area (Å²) in [4.78, 5) is 34.4. The maximum Gasteiger partial charge on any atom is 0.315 e. The van der Waals surface area contributed by atoms with Crippen LogP contribution in [-0.4, -0.2) is 52.5 Å². The number of likely N-dealkylation sites (tertiary alicyclic amines) is 1. The minimum atomic E-state index is -0.146. The van der Waals surface area contributed by atoms with Crippen LogP contribution in [0.1, 0.15) is 35.4 Å². The molecule has 7 nitrogen and oxygen atoms in total. The number of nitrogens with one attached hydrogen (secondary N) is 3. The van der Waals surface area contributed by atoms with Gasteiger partial charge in [-0.2, -0.15) is 0 Å². The highest BCUT2D eigenvalue weighted by Gasteiger charge is 2.24. The van der Waals surface area contributed by atoms with Gasteiger partial charge in [-0.15, -0.1) is 0 Å². The third-order valence-corrected chi connectivity index (χ3v) is 5.45. The van der Waals surface area contributed by atoms with E-state index in [1.54, 1.807) is 0 Å². The molecule has 1 aliphatic rings. The molecule has 1 fully saturated rings. The molecule has 0 atom stereocenters. The van der Waals surface area contributed by atoms with E-state index < -0.39 is 0 Å². The summed E-state index contributed by atoms with van der Waals surface area (Å²) in [6.45, 7) is 1.91. The zero-order valence-corrected chi connectivity index (χ0v) is 16.9. The van der Waals surface area contributed by atoms with Gasteiger partial charge in [-0.3, -0.25) is 4.79 Å². The molecule has 2 aromatic carbocycles. The van der Waals surface area contributed by atoms with Crippen molar-refractivity contribution in [1.29, 1.82) is 0 Å². The highest BCUT2D eigenvalue weighted by Crippen LogP contribution is 2.14. The van der Waals surface area contributed by atoms with Gasteiger partial charge < -0.3 is 20.5 Å². The number of hydrogen-bond donors (Lipinski definition) is 3. The number of hydrogen-bond acceptors (Lipinski definition) is 3. The van der Waals surface area contributed by atoms with E-state index in [1.165, 1.54) is 0 Å². The molecule has 0 bridgehead atoms. The zero-order valence-electron chi connectivity index (χ0n) is 16.9. The first-order valence-electron chi connectivity index (χ1n) is 10.5. The molecule has 7 heteroatoms. The number of carbonyl (C=O) groups excluding carboxylic acids is 2. The van der Waals surface area contributed by atoms with Gasteiger partial charge in [-0.1, -0.05) is 30.3 Å². The first-order chi connectivity index (χ1) is 14.7. The van der Waals surface area contributed by atoms with Crippen LogP contribution < -0.4 is 10.6 Å². The van der Waals surface area contributed by atoms with Crippen molar-refractivity contribution >= 4 is 23.0 Å². The lowest BCUT2D eigenvalue weighted by Crippen LogP contribution is -2.49. The Morgan fingerprint density at radius 3 is 2.53 bits per heavy atom. The van der Waals surface area contributed by atoms with Crippen molar-refractivity contribution in [3.05, 3.63) is 66.0 Å². The number of amides is 3. The third kappa shape index (κ3) is 4.97. The van der Waals surface area contributed by atoms with Crippen molar-refractivity contribution < 1.29 is 9.59 Å². The summed E-state index contributed by atoms with van der Waals surface area (Å²) in [5.74, 6) is 0.998. The standard InChI is InChI=1S/C23H27N5O2/c29-22(17-7-2-1-3-8-17)28-15-12-18(13-16-28)25-23(30)24-14-6-11-21-26-19-9-4-5-10-20(19)27-21/h1-5,7-10,18H,6,11-16H2,(H,26,27)(H2,24,25,30). The monoisotopic (exact) mass is 405 g/mol. The SMILES string of the molecule is O=C(NCCCc1nc2ccccc2[nH]1)NC1CCN(C(=O)c2ccccc2)CC1. The summed E-state index contributed by atoms with van der Waals surface area (Å²) in [5, 5.41) is 5.95. The van der Waals surface area contributed by atoms with Gasteiger partial charge in [0, 0.05) is 37.7 Å². The molecule has 4 rings (SSSR count). The summed E-state index contributed by atoms with van der Waals surface area (Å²) in [6.07, 6.45) is 3.14. The van der Waals surface area contributed by atoms with Gasteiger partial charge in [0.2, 0.25) is 0 Å². The Morgan fingerprint density at radius 2 is 1.77 bits per heavy atom. The minimum Gasteiger partial charge on any atom is -0.342 e. The molecule has 3 N–H and O–H groups in total. The zero-order chi connectivity index (χ0) is 20.8. The molecule has 0 unspecified atom stereocenters. The topological polar surface area (TPSA) is 90.1 Å². The summed E-state index contributed by atoms with van der Waals surface area (Å²) in [7, 11) is 0. The Balaban J connectivity index is 1.14. The van der Waals surface area contributed by atoms with Crippen LogP contribution in [-0.2, 0) is 6.42 Å². The molecule has 1 aromatic heterocycles. The lowest BCUT2D eigenvalue weighted by Gasteiger charge is -2.32. The van der Waals surface area contributed by atoms with Crippen molar-refractivity contribution in [3.63, 3.8) is 0 Å². The van der Waals surface area contributed by atoms with Crippen LogP contribution in [0.4, 0.5) is 4.79 Å². The molecule has 0 spiro atoms. The number of aromatic amines is 1. The molecule has 30 heavy (non-hydrogen) atoms. The Labute approximate surface area is 175 Å². The third-order valence-electron chi connectivity index (χ3n) is 5.45. The highest BCUT2D eigenvalue weighted by molar-refractivity contribution is 5.94. The number of imidazole rings is 1. The van der Waals surface area contributed by atoms with Crippen LogP contribution in [0.25, 0.3) is 11.0 Å². The molecular formula is C23H27N5O2. The van der Waals surface area contributed by atoms with Crippen LogP contribution >= 0.6 is 0 Å². The van der Waals surface area contributed by atoms with Crippen LogP contribution in [0.2, 0.25) is 0 Å². The number of nitrogens with zero attached hydrogens (tertiary/aromatic N) is 2. The molecular weight excluding hydrogens is 378 g/mol. The van der Waals surface area contributed by atoms with E-state index in [0.717, 1.165) is 42.5 Å². The van der Waals surface area contributed by atoms with E-state index in [-0.39, 0.29) is 18.0 Å². The number of rotatable bonds is 6. The summed E-state index contributed by atoms with van der Waals surface area (Å²) in [5.41, 5.74) is 2.72. The maximum atomic E-state index is 12.5. The minimum absolute atomic E-state index is 0.0593. The number of para-hydroxylation sites is 2. The Kier molecular flexibility index (Phi) is 6.27. The van der Waals surface area contributed by atoms with Crippen molar-refractivity contribution in [2.24, 2.45) is 0 Å². The predicted molar refractivity (Wildman–Crippen MR) is 116 cm³/mol. The molecule has 3 amide bonds. The van der Waals surface area contributed by atoms with Gasteiger partial charge in [-0.05, 0) is 43.5 Å². The molecule has 3 aromatic rings. The maximum absolute atomic E-state index is 12.5. The van der Waals surface area contributed by atoms with Crippen molar-refractivity contribution in [2.75, 3.05) is 19.6 Å². The van der Waals surface area contributed by atoms with Gasteiger partial charge in [0.15, 0.2) is 0 Å². The van der Waals surface area contributed by atoms with E-state index in [0.29, 0.717) is 25.2 Å². The van der Waals surface area contributed by atoms with Crippen LogP contribution in [0.5, 0.6) is 0 Å². The quantitative estimate of drug-likeness (QED) is 0.551. The second-order valence-electron chi connectivity index (χ2n) is 7.64. The first-order valence-corrected chi connectivity index (χ1v) is 10.5. The van der Waals surface area contributed by atoms with E-state index in [9.17, 15) is 9.59 Å². The van der Waals surface area contributed by atoms with Gasteiger partial charge in [-0.25, -0.2) is 9.78 Å². The first kappa shape index (κ1) is 19.9. The molecule has 1 saturated heterocycles. The Hall–Kier alpha value is -3.35. The predicted octanol–water partition coefficient (Wildman–Crippen LogP) is 3.10. The Morgan fingerprint density at radius 1 is 1.03 bits per heavy atom. The molecule has 0 radical (unpaired) electrons. The number of piperidine rings is 1. The molecule has 2 heterocycles. The largest absolute Gasteiger partial charge is 0.342 e. The summed E-state index contributed by atoms with van der Waals surface area (Å²) < 4.78 is 0. The molecule has 0 saturated carbocycles. The van der Waals surface area contributed by atoms with E-state index in [2.05, 4.69) is 20.6 Å². The number of urea groups is 1. The van der Waals surface area contributed by atoms with E-state index in [4.69, 9.17) is 0 Å². The number of aromatic nitrogens is 2. The summed E-state index contributed by atoms with van der Waals surface area (Å²) >= 11 is 0. The van der Waals surface area contributed by atoms with Gasteiger partial charge in [0.05, 0.1) is 11.0 Å². The number of aryl methyl sites for hydroxylation is 1. The lowest BCUT2D eigenvalue weighted by atomic mass is 10.0. The summed E-state index contributed by atoms with van der Waals surface area (Å²) in [6, 6.07) is 17.2. The molecule has 0 aliphatic carbocycles. The fourth-order valence-electron chi connectivity index (χ4n) is 3.81. The lowest BCUT2D eigenvalue weighted by molar-refractivity contribution is 0.0708.